The highest BCUT2D eigenvalue weighted by Crippen LogP contribution is 2.18. The van der Waals surface area contributed by atoms with Gasteiger partial charge in [-0.05, 0) is 42.8 Å². The normalized spacial score (nSPS) is 10.6. The van der Waals surface area contributed by atoms with Crippen molar-refractivity contribution in [1.82, 2.24) is 4.98 Å². The van der Waals surface area contributed by atoms with Gasteiger partial charge in [0, 0.05) is 25.0 Å². The molecule has 0 radical (unpaired) electrons. The molecule has 106 valence electrons. The van der Waals surface area contributed by atoms with Gasteiger partial charge in [-0.3, -0.25) is 4.98 Å². The number of nitrogens with zero attached hydrogens (tertiary/aromatic N) is 2. The molecular formula is C15H17F2N3. The van der Waals surface area contributed by atoms with Gasteiger partial charge in [0.2, 0.25) is 0 Å². The lowest BCUT2D eigenvalue weighted by molar-refractivity contribution is 0.615. The number of aromatic nitrogens is 1. The van der Waals surface area contributed by atoms with Crippen LogP contribution in [0.1, 0.15) is 12.0 Å². The van der Waals surface area contributed by atoms with Crippen LogP contribution in [-0.4, -0.2) is 18.1 Å². The molecule has 20 heavy (non-hydrogen) atoms. The van der Waals surface area contributed by atoms with Gasteiger partial charge in [-0.1, -0.05) is 6.07 Å². The Kier molecular flexibility index (Phi) is 5.01. The maximum Gasteiger partial charge on any atom is 0.141 e. The van der Waals surface area contributed by atoms with Crippen molar-refractivity contribution in [3.05, 3.63) is 59.9 Å². The minimum absolute atomic E-state index is 0.294. The molecule has 2 aromatic rings. The summed E-state index contributed by atoms with van der Waals surface area (Å²) in [5.74, 6) is -0.668. The zero-order valence-electron chi connectivity index (χ0n) is 11.1. The Labute approximate surface area is 117 Å². The Hall–Kier alpha value is -2.01. The molecule has 0 unspecified atom stereocenters. The molecule has 0 atom stereocenters. The Balaban J connectivity index is 2.19. The monoisotopic (exact) mass is 277 g/mol. The molecule has 1 heterocycles. The number of halogens is 2. The Morgan fingerprint density at radius 2 is 1.95 bits per heavy atom. The molecule has 2 rings (SSSR count). The van der Waals surface area contributed by atoms with Crippen molar-refractivity contribution in [2.75, 3.05) is 18.0 Å². The second-order valence-corrected chi connectivity index (χ2v) is 4.56. The molecule has 0 fully saturated rings. The molecule has 0 aliphatic rings. The fourth-order valence-corrected chi connectivity index (χ4v) is 2.02. The van der Waals surface area contributed by atoms with E-state index in [1.165, 1.54) is 18.2 Å². The smallest absolute Gasteiger partial charge is 0.141 e. The standard InChI is InChI=1S/C15H17F2N3/c16-13-3-1-4-15(8-13)20(6-2-5-18)11-12-7-14(17)10-19-9-12/h1,3-4,7-10H,2,5-6,11,18H2. The molecule has 5 heteroatoms. The molecule has 0 bridgehead atoms. The van der Waals surface area contributed by atoms with E-state index in [9.17, 15) is 8.78 Å². The van der Waals surface area contributed by atoms with Crippen LogP contribution >= 0.6 is 0 Å². The number of benzene rings is 1. The molecule has 0 aliphatic carbocycles. The van der Waals surface area contributed by atoms with Gasteiger partial charge < -0.3 is 10.6 Å². The summed E-state index contributed by atoms with van der Waals surface area (Å²) in [4.78, 5) is 5.79. The van der Waals surface area contributed by atoms with Gasteiger partial charge in [0.05, 0.1) is 6.20 Å². The summed E-state index contributed by atoms with van der Waals surface area (Å²) < 4.78 is 26.5. The SMILES string of the molecule is NCCCN(Cc1cncc(F)c1)c1cccc(F)c1. The third kappa shape index (κ3) is 3.99. The Morgan fingerprint density at radius 1 is 1.10 bits per heavy atom. The van der Waals surface area contributed by atoms with Crippen molar-refractivity contribution >= 4 is 5.69 Å². The number of anilines is 1. The molecule has 0 aliphatic heterocycles. The molecule has 2 N–H and O–H groups in total. The Bertz CT molecular complexity index is 560. The molecular weight excluding hydrogens is 260 g/mol. The lowest BCUT2D eigenvalue weighted by Gasteiger charge is -2.24. The predicted octanol–water partition coefficient (Wildman–Crippen LogP) is 2.72. The van der Waals surface area contributed by atoms with Gasteiger partial charge in [0.25, 0.3) is 0 Å². The van der Waals surface area contributed by atoms with E-state index in [-0.39, 0.29) is 11.6 Å². The largest absolute Gasteiger partial charge is 0.367 e. The van der Waals surface area contributed by atoms with E-state index in [4.69, 9.17) is 5.73 Å². The first-order valence-electron chi connectivity index (χ1n) is 6.49. The van der Waals surface area contributed by atoms with Gasteiger partial charge in [0.1, 0.15) is 11.6 Å². The topological polar surface area (TPSA) is 42.1 Å². The van der Waals surface area contributed by atoms with Crippen LogP contribution in [-0.2, 0) is 6.54 Å². The molecule has 0 saturated heterocycles. The van der Waals surface area contributed by atoms with Crippen molar-refractivity contribution in [3.8, 4) is 0 Å². The van der Waals surface area contributed by atoms with E-state index < -0.39 is 0 Å². The van der Waals surface area contributed by atoms with Crippen LogP contribution in [0.25, 0.3) is 0 Å². The average Bonchev–Trinajstić information content (AvgIpc) is 2.43. The summed E-state index contributed by atoms with van der Waals surface area (Å²) in [7, 11) is 0. The molecule has 1 aromatic carbocycles. The summed E-state index contributed by atoms with van der Waals surface area (Å²) in [6, 6.07) is 7.77. The van der Waals surface area contributed by atoms with Gasteiger partial charge in [-0.25, -0.2) is 8.78 Å². The van der Waals surface area contributed by atoms with Gasteiger partial charge in [0.15, 0.2) is 0 Å². The van der Waals surface area contributed by atoms with Gasteiger partial charge in [-0.15, -0.1) is 0 Å². The maximum absolute atomic E-state index is 13.3. The summed E-state index contributed by atoms with van der Waals surface area (Å²) >= 11 is 0. The Morgan fingerprint density at radius 3 is 2.65 bits per heavy atom. The molecule has 0 amide bonds. The third-order valence-electron chi connectivity index (χ3n) is 2.94. The van der Waals surface area contributed by atoms with Crippen LogP contribution in [0.5, 0.6) is 0 Å². The van der Waals surface area contributed by atoms with E-state index in [0.29, 0.717) is 19.6 Å². The highest BCUT2D eigenvalue weighted by molar-refractivity contribution is 5.47. The van der Waals surface area contributed by atoms with Crippen LogP contribution in [0.3, 0.4) is 0 Å². The van der Waals surface area contributed by atoms with Crippen LogP contribution < -0.4 is 10.6 Å². The second kappa shape index (κ2) is 6.96. The lowest BCUT2D eigenvalue weighted by atomic mass is 10.2. The minimum atomic E-state index is -0.375. The summed E-state index contributed by atoms with van der Waals surface area (Å²) in [5.41, 5.74) is 7.02. The third-order valence-corrected chi connectivity index (χ3v) is 2.94. The highest BCUT2D eigenvalue weighted by atomic mass is 19.1. The van der Waals surface area contributed by atoms with Crippen molar-refractivity contribution in [2.45, 2.75) is 13.0 Å². The van der Waals surface area contributed by atoms with Crippen LogP contribution in [0.15, 0.2) is 42.7 Å². The number of hydrogen-bond acceptors (Lipinski definition) is 3. The molecule has 0 spiro atoms. The minimum Gasteiger partial charge on any atom is -0.367 e. The first-order chi connectivity index (χ1) is 9.69. The van der Waals surface area contributed by atoms with E-state index >= 15 is 0 Å². The summed E-state index contributed by atoms with van der Waals surface area (Å²) in [5, 5.41) is 0. The summed E-state index contributed by atoms with van der Waals surface area (Å²) in [6.07, 6.45) is 3.55. The number of nitrogens with two attached hydrogens (primary N) is 1. The van der Waals surface area contributed by atoms with Crippen molar-refractivity contribution < 1.29 is 8.78 Å². The first kappa shape index (κ1) is 14.4. The van der Waals surface area contributed by atoms with E-state index in [0.717, 1.165) is 23.9 Å². The molecule has 3 nitrogen and oxygen atoms in total. The van der Waals surface area contributed by atoms with Crippen molar-refractivity contribution in [3.63, 3.8) is 0 Å². The fraction of sp³-hybridized carbons (Fsp3) is 0.267. The predicted molar refractivity (Wildman–Crippen MR) is 75.3 cm³/mol. The quantitative estimate of drug-likeness (QED) is 0.882. The summed E-state index contributed by atoms with van der Waals surface area (Å²) in [6.45, 7) is 1.69. The zero-order valence-corrected chi connectivity index (χ0v) is 11.1. The van der Waals surface area contributed by atoms with Gasteiger partial charge in [-0.2, -0.15) is 0 Å². The number of hydrogen-bond donors (Lipinski definition) is 1. The zero-order chi connectivity index (χ0) is 14.4. The van der Waals surface area contributed by atoms with Crippen LogP contribution in [0.4, 0.5) is 14.5 Å². The lowest BCUT2D eigenvalue weighted by Crippen LogP contribution is -2.25. The van der Waals surface area contributed by atoms with Gasteiger partial charge >= 0.3 is 0 Å². The number of rotatable bonds is 6. The van der Waals surface area contributed by atoms with Crippen LogP contribution in [0.2, 0.25) is 0 Å². The number of pyridine rings is 1. The van der Waals surface area contributed by atoms with Crippen molar-refractivity contribution in [1.29, 1.82) is 0 Å². The molecule has 1 aromatic heterocycles. The average molecular weight is 277 g/mol. The van der Waals surface area contributed by atoms with E-state index in [2.05, 4.69) is 4.98 Å². The molecule has 0 saturated carbocycles. The van der Waals surface area contributed by atoms with E-state index in [1.54, 1.807) is 12.3 Å². The highest BCUT2D eigenvalue weighted by Gasteiger charge is 2.09. The second-order valence-electron chi connectivity index (χ2n) is 4.56. The van der Waals surface area contributed by atoms with Crippen molar-refractivity contribution in [2.24, 2.45) is 5.73 Å². The first-order valence-corrected chi connectivity index (χ1v) is 6.49. The fourth-order valence-electron chi connectivity index (χ4n) is 2.02. The van der Waals surface area contributed by atoms with Crippen LogP contribution in [0, 0.1) is 11.6 Å². The maximum atomic E-state index is 13.3. The van der Waals surface area contributed by atoms with E-state index in [1.807, 2.05) is 11.0 Å².